The summed E-state index contributed by atoms with van der Waals surface area (Å²) in [5, 5.41) is 0. The minimum atomic E-state index is -0.125. The van der Waals surface area contributed by atoms with E-state index < -0.39 is 0 Å². The molecule has 0 saturated heterocycles. The van der Waals surface area contributed by atoms with Gasteiger partial charge in [0.25, 0.3) is 0 Å². The number of hydrogen-bond acceptors (Lipinski definition) is 2. The molecule has 2 aliphatic carbocycles. The van der Waals surface area contributed by atoms with Crippen molar-refractivity contribution < 1.29 is 4.74 Å². The SMILES string of the molecule is COc1c(C2(N)CC2)cc2c(c1Br)CCCC2. The molecule has 1 fully saturated rings. The van der Waals surface area contributed by atoms with Gasteiger partial charge >= 0.3 is 0 Å². The molecule has 2 nitrogen and oxygen atoms in total. The van der Waals surface area contributed by atoms with Gasteiger partial charge in [0, 0.05) is 11.1 Å². The van der Waals surface area contributed by atoms with E-state index in [9.17, 15) is 0 Å². The van der Waals surface area contributed by atoms with Crippen molar-refractivity contribution in [2.24, 2.45) is 5.73 Å². The summed E-state index contributed by atoms with van der Waals surface area (Å²) in [6.07, 6.45) is 7.07. The Hall–Kier alpha value is -0.540. The third-order valence-corrected chi connectivity index (χ3v) is 4.91. The van der Waals surface area contributed by atoms with Gasteiger partial charge in [-0.3, -0.25) is 0 Å². The van der Waals surface area contributed by atoms with Crippen LogP contribution in [0.3, 0.4) is 0 Å². The quantitative estimate of drug-likeness (QED) is 0.909. The first-order chi connectivity index (χ1) is 8.15. The van der Waals surface area contributed by atoms with Gasteiger partial charge in [-0.25, -0.2) is 0 Å². The highest BCUT2D eigenvalue weighted by Gasteiger charge is 2.43. The number of hydrogen-bond donors (Lipinski definition) is 1. The topological polar surface area (TPSA) is 35.2 Å². The van der Waals surface area contributed by atoms with E-state index in [4.69, 9.17) is 10.5 Å². The number of aryl methyl sites for hydroxylation is 1. The lowest BCUT2D eigenvalue weighted by Crippen LogP contribution is -2.21. The molecule has 0 heterocycles. The molecule has 1 aromatic rings. The van der Waals surface area contributed by atoms with Crippen molar-refractivity contribution in [3.63, 3.8) is 0 Å². The number of rotatable bonds is 2. The summed E-state index contributed by atoms with van der Waals surface area (Å²) in [7, 11) is 1.74. The predicted octanol–water partition coefficient (Wildman–Crippen LogP) is 3.28. The van der Waals surface area contributed by atoms with E-state index in [0.29, 0.717) is 0 Å². The van der Waals surface area contributed by atoms with Crippen LogP contribution in [0.1, 0.15) is 42.4 Å². The summed E-state index contributed by atoms with van der Waals surface area (Å²) in [4.78, 5) is 0. The van der Waals surface area contributed by atoms with E-state index in [1.54, 1.807) is 7.11 Å². The lowest BCUT2D eigenvalue weighted by molar-refractivity contribution is 0.400. The number of methoxy groups -OCH3 is 1. The van der Waals surface area contributed by atoms with Gasteiger partial charge in [-0.2, -0.15) is 0 Å². The average molecular weight is 296 g/mol. The molecule has 92 valence electrons. The first kappa shape index (κ1) is 11.5. The number of benzene rings is 1. The maximum Gasteiger partial charge on any atom is 0.138 e. The molecule has 0 spiro atoms. The van der Waals surface area contributed by atoms with Crippen LogP contribution < -0.4 is 10.5 Å². The molecule has 3 heteroatoms. The summed E-state index contributed by atoms with van der Waals surface area (Å²) in [5.41, 5.74) is 10.3. The van der Waals surface area contributed by atoms with Gasteiger partial charge in [0.15, 0.2) is 0 Å². The third kappa shape index (κ3) is 1.80. The molecule has 0 aliphatic heterocycles. The largest absolute Gasteiger partial charge is 0.495 e. The fourth-order valence-corrected chi connectivity index (χ4v) is 3.64. The van der Waals surface area contributed by atoms with Gasteiger partial charge in [0.2, 0.25) is 0 Å². The zero-order valence-corrected chi connectivity index (χ0v) is 11.8. The van der Waals surface area contributed by atoms with E-state index in [-0.39, 0.29) is 5.54 Å². The van der Waals surface area contributed by atoms with Gasteiger partial charge in [-0.1, -0.05) is 0 Å². The second kappa shape index (κ2) is 3.99. The first-order valence-corrected chi connectivity index (χ1v) is 7.12. The van der Waals surface area contributed by atoms with Crippen molar-refractivity contribution in [1.82, 2.24) is 0 Å². The van der Waals surface area contributed by atoms with Gasteiger partial charge in [-0.05, 0) is 71.6 Å². The van der Waals surface area contributed by atoms with Crippen molar-refractivity contribution in [3.05, 3.63) is 27.2 Å². The highest BCUT2D eigenvalue weighted by Crippen LogP contribution is 2.50. The van der Waals surface area contributed by atoms with Crippen LogP contribution in [0.5, 0.6) is 5.75 Å². The highest BCUT2D eigenvalue weighted by molar-refractivity contribution is 9.10. The van der Waals surface area contributed by atoms with Crippen molar-refractivity contribution in [3.8, 4) is 5.75 Å². The van der Waals surface area contributed by atoms with Crippen LogP contribution in [-0.2, 0) is 18.4 Å². The summed E-state index contributed by atoms with van der Waals surface area (Å²) in [5.74, 6) is 0.964. The Bertz CT molecular complexity index is 466. The molecular weight excluding hydrogens is 278 g/mol. The minimum Gasteiger partial charge on any atom is -0.495 e. The molecule has 2 N–H and O–H groups in total. The zero-order valence-electron chi connectivity index (χ0n) is 10.2. The van der Waals surface area contributed by atoms with Gasteiger partial charge in [0.05, 0.1) is 11.6 Å². The standard InChI is InChI=1S/C14H18BrNO/c1-17-13-11(14(16)6-7-14)8-9-4-2-3-5-10(9)12(13)15/h8H,2-7,16H2,1H3. The van der Waals surface area contributed by atoms with Crippen LogP contribution in [0.2, 0.25) is 0 Å². The van der Waals surface area contributed by atoms with Gasteiger partial charge in [0.1, 0.15) is 5.75 Å². The second-order valence-corrected chi connectivity index (χ2v) is 6.07. The fraction of sp³-hybridized carbons (Fsp3) is 0.571. The molecule has 2 aliphatic rings. The van der Waals surface area contributed by atoms with Crippen LogP contribution in [0.4, 0.5) is 0 Å². The van der Waals surface area contributed by atoms with Crippen LogP contribution in [-0.4, -0.2) is 7.11 Å². The molecule has 17 heavy (non-hydrogen) atoms. The Morgan fingerprint density at radius 3 is 2.65 bits per heavy atom. The van der Waals surface area contributed by atoms with Crippen molar-refractivity contribution in [2.75, 3.05) is 7.11 Å². The molecule has 1 aromatic carbocycles. The molecule has 0 radical (unpaired) electrons. The summed E-state index contributed by atoms with van der Waals surface area (Å²) in [6, 6.07) is 2.30. The fourth-order valence-electron chi connectivity index (χ4n) is 2.81. The van der Waals surface area contributed by atoms with Crippen LogP contribution in [0.25, 0.3) is 0 Å². The number of halogens is 1. The molecule has 3 rings (SSSR count). The molecule has 1 saturated carbocycles. The Kier molecular flexibility index (Phi) is 2.71. The summed E-state index contributed by atoms with van der Waals surface area (Å²) < 4.78 is 6.72. The number of fused-ring (bicyclic) bond motifs is 1. The molecule has 0 bridgehead atoms. The van der Waals surface area contributed by atoms with Gasteiger partial charge < -0.3 is 10.5 Å². The van der Waals surface area contributed by atoms with E-state index >= 15 is 0 Å². The normalized spacial score (nSPS) is 20.9. The highest BCUT2D eigenvalue weighted by atomic mass is 79.9. The maximum absolute atomic E-state index is 6.35. The zero-order chi connectivity index (χ0) is 12.0. The van der Waals surface area contributed by atoms with E-state index in [1.165, 1.54) is 36.0 Å². The maximum atomic E-state index is 6.35. The minimum absolute atomic E-state index is 0.125. The summed E-state index contributed by atoms with van der Waals surface area (Å²) in [6.45, 7) is 0. The van der Waals surface area contributed by atoms with Gasteiger partial charge in [-0.15, -0.1) is 0 Å². The predicted molar refractivity (Wildman–Crippen MR) is 72.4 cm³/mol. The molecular formula is C14H18BrNO. The van der Waals surface area contributed by atoms with Crippen molar-refractivity contribution in [2.45, 2.75) is 44.1 Å². The first-order valence-electron chi connectivity index (χ1n) is 6.33. The number of nitrogens with two attached hydrogens (primary N) is 1. The smallest absolute Gasteiger partial charge is 0.138 e. The molecule has 0 amide bonds. The van der Waals surface area contributed by atoms with E-state index in [0.717, 1.165) is 29.5 Å². The third-order valence-electron chi connectivity index (χ3n) is 4.07. The van der Waals surface area contributed by atoms with E-state index in [2.05, 4.69) is 22.0 Å². The van der Waals surface area contributed by atoms with Crippen LogP contribution in [0.15, 0.2) is 10.5 Å². The average Bonchev–Trinajstić information content (AvgIpc) is 3.08. The Morgan fingerprint density at radius 2 is 2.00 bits per heavy atom. The molecule has 0 atom stereocenters. The lowest BCUT2D eigenvalue weighted by atomic mass is 9.88. The van der Waals surface area contributed by atoms with Crippen molar-refractivity contribution >= 4 is 15.9 Å². The Labute approximate surface area is 111 Å². The Morgan fingerprint density at radius 1 is 1.29 bits per heavy atom. The molecule has 0 aromatic heterocycles. The second-order valence-electron chi connectivity index (χ2n) is 5.27. The Balaban J connectivity index is 2.18. The summed E-state index contributed by atoms with van der Waals surface area (Å²) >= 11 is 3.72. The van der Waals surface area contributed by atoms with Crippen molar-refractivity contribution in [1.29, 1.82) is 0 Å². The van der Waals surface area contributed by atoms with Crippen LogP contribution >= 0.6 is 15.9 Å². The van der Waals surface area contributed by atoms with Crippen LogP contribution in [0, 0.1) is 0 Å². The number of ether oxygens (including phenoxy) is 1. The van der Waals surface area contributed by atoms with E-state index in [1.807, 2.05) is 0 Å². The monoisotopic (exact) mass is 295 g/mol. The lowest BCUT2D eigenvalue weighted by Gasteiger charge is -2.24. The molecule has 0 unspecified atom stereocenters.